The summed E-state index contributed by atoms with van der Waals surface area (Å²) in [7, 11) is 0. The molecule has 0 atom stereocenters. The number of thiophene rings is 1. The molecule has 0 aromatic carbocycles. The molecule has 2 aromatic rings. The van der Waals surface area contributed by atoms with E-state index in [1.54, 1.807) is 11.3 Å². The molecule has 0 radical (unpaired) electrons. The smallest absolute Gasteiger partial charge is 0.197 e. The van der Waals surface area contributed by atoms with E-state index in [1.165, 1.54) is 4.88 Å². The molecular formula is C8H5Cl2N3S. The monoisotopic (exact) mass is 245 g/mol. The number of hydrogen-bond donors (Lipinski definition) is 0. The van der Waals surface area contributed by atoms with Crippen LogP contribution < -0.4 is 0 Å². The summed E-state index contributed by atoms with van der Waals surface area (Å²) in [6.07, 6.45) is 0. The Morgan fingerprint density at radius 1 is 1.07 bits per heavy atom. The number of halogens is 2. The fourth-order valence-corrected chi connectivity index (χ4v) is 2.16. The van der Waals surface area contributed by atoms with Gasteiger partial charge in [-0.05, 0) is 42.3 Å². The molecule has 2 rings (SSSR count). The van der Waals surface area contributed by atoms with E-state index in [4.69, 9.17) is 23.2 Å². The van der Waals surface area contributed by atoms with Crippen molar-refractivity contribution in [1.29, 1.82) is 0 Å². The minimum Gasteiger partial charge on any atom is -0.197 e. The molecule has 0 bridgehead atoms. The topological polar surface area (TPSA) is 38.7 Å². The van der Waals surface area contributed by atoms with Crippen LogP contribution in [0.25, 0.3) is 10.7 Å². The van der Waals surface area contributed by atoms with Crippen LogP contribution in [0, 0.1) is 6.92 Å². The Labute approximate surface area is 94.8 Å². The third kappa shape index (κ3) is 2.03. The van der Waals surface area contributed by atoms with Crippen molar-refractivity contribution in [2.75, 3.05) is 0 Å². The molecule has 0 aliphatic heterocycles. The summed E-state index contributed by atoms with van der Waals surface area (Å²) in [5.74, 6) is 0.521. The van der Waals surface area contributed by atoms with Crippen molar-refractivity contribution in [1.82, 2.24) is 15.0 Å². The van der Waals surface area contributed by atoms with Gasteiger partial charge in [0.1, 0.15) is 0 Å². The lowest BCUT2D eigenvalue weighted by molar-refractivity contribution is 1.06. The van der Waals surface area contributed by atoms with Gasteiger partial charge in [-0.1, -0.05) is 0 Å². The second-order valence-electron chi connectivity index (χ2n) is 2.61. The zero-order chi connectivity index (χ0) is 10.1. The van der Waals surface area contributed by atoms with E-state index in [0.29, 0.717) is 5.82 Å². The number of aryl methyl sites for hydroxylation is 1. The van der Waals surface area contributed by atoms with E-state index in [2.05, 4.69) is 15.0 Å². The Morgan fingerprint density at radius 3 is 2.21 bits per heavy atom. The summed E-state index contributed by atoms with van der Waals surface area (Å²) in [6, 6.07) is 3.92. The van der Waals surface area contributed by atoms with Gasteiger partial charge in [0.2, 0.25) is 10.6 Å². The molecule has 0 fully saturated rings. The van der Waals surface area contributed by atoms with E-state index in [9.17, 15) is 0 Å². The minimum absolute atomic E-state index is 0.117. The van der Waals surface area contributed by atoms with E-state index in [-0.39, 0.29) is 10.6 Å². The van der Waals surface area contributed by atoms with Crippen molar-refractivity contribution < 1.29 is 0 Å². The molecule has 0 aliphatic carbocycles. The van der Waals surface area contributed by atoms with Crippen LogP contribution in [0.5, 0.6) is 0 Å². The normalized spacial score (nSPS) is 10.5. The third-order valence-corrected chi connectivity index (χ3v) is 2.88. The van der Waals surface area contributed by atoms with Crippen molar-refractivity contribution in [2.24, 2.45) is 0 Å². The minimum atomic E-state index is 0.117. The Morgan fingerprint density at radius 2 is 1.71 bits per heavy atom. The molecule has 14 heavy (non-hydrogen) atoms. The van der Waals surface area contributed by atoms with Crippen LogP contribution in [0.2, 0.25) is 10.6 Å². The van der Waals surface area contributed by atoms with Gasteiger partial charge in [-0.15, -0.1) is 11.3 Å². The van der Waals surface area contributed by atoms with Crippen LogP contribution in [0.15, 0.2) is 12.1 Å². The molecule has 0 saturated heterocycles. The van der Waals surface area contributed by atoms with Crippen LogP contribution >= 0.6 is 34.5 Å². The van der Waals surface area contributed by atoms with Crippen molar-refractivity contribution in [3.8, 4) is 10.7 Å². The Kier molecular flexibility index (Phi) is 2.67. The van der Waals surface area contributed by atoms with Gasteiger partial charge in [0.05, 0.1) is 4.88 Å². The average Bonchev–Trinajstić information content (AvgIpc) is 2.50. The van der Waals surface area contributed by atoms with Crippen LogP contribution in [0.3, 0.4) is 0 Å². The summed E-state index contributed by atoms with van der Waals surface area (Å²) in [4.78, 5) is 13.8. The van der Waals surface area contributed by atoms with Gasteiger partial charge < -0.3 is 0 Å². The SMILES string of the molecule is Cc1ccc(-c2nc(Cl)nc(Cl)n2)s1. The van der Waals surface area contributed by atoms with E-state index < -0.39 is 0 Å². The molecule has 6 heteroatoms. The molecule has 0 saturated carbocycles. The highest BCUT2D eigenvalue weighted by molar-refractivity contribution is 7.15. The van der Waals surface area contributed by atoms with Crippen LogP contribution in [-0.2, 0) is 0 Å². The molecular weight excluding hydrogens is 241 g/mol. The maximum atomic E-state index is 5.66. The van der Waals surface area contributed by atoms with Crippen LogP contribution in [0.1, 0.15) is 4.88 Å². The van der Waals surface area contributed by atoms with Gasteiger partial charge in [0, 0.05) is 4.88 Å². The Balaban J connectivity index is 2.51. The van der Waals surface area contributed by atoms with Crippen molar-refractivity contribution in [3.05, 3.63) is 27.6 Å². The zero-order valence-electron chi connectivity index (χ0n) is 7.16. The highest BCUT2D eigenvalue weighted by atomic mass is 35.5. The lowest BCUT2D eigenvalue weighted by Gasteiger charge is -1.96. The van der Waals surface area contributed by atoms with Gasteiger partial charge in [-0.3, -0.25) is 0 Å². The predicted molar refractivity (Wildman–Crippen MR) is 57.9 cm³/mol. The largest absolute Gasteiger partial charge is 0.227 e. The molecule has 0 N–H and O–H groups in total. The third-order valence-electron chi connectivity index (χ3n) is 1.54. The van der Waals surface area contributed by atoms with Crippen LogP contribution in [-0.4, -0.2) is 15.0 Å². The number of rotatable bonds is 1. The summed E-state index contributed by atoms with van der Waals surface area (Å²) in [6.45, 7) is 2.01. The standard InChI is InChI=1S/C8H5Cl2N3S/c1-4-2-3-5(14-4)6-11-7(9)13-8(10)12-6/h2-3H,1H3. The van der Waals surface area contributed by atoms with E-state index >= 15 is 0 Å². The summed E-state index contributed by atoms with van der Waals surface area (Å²) >= 11 is 12.9. The van der Waals surface area contributed by atoms with Gasteiger partial charge in [-0.25, -0.2) is 0 Å². The van der Waals surface area contributed by atoms with Crippen molar-refractivity contribution >= 4 is 34.5 Å². The molecule has 3 nitrogen and oxygen atoms in total. The lowest BCUT2D eigenvalue weighted by Crippen LogP contribution is -1.91. The highest BCUT2D eigenvalue weighted by Crippen LogP contribution is 2.25. The first kappa shape index (κ1) is 9.83. The molecule has 0 spiro atoms. The molecule has 72 valence electrons. The van der Waals surface area contributed by atoms with Crippen LogP contribution in [0.4, 0.5) is 0 Å². The van der Waals surface area contributed by atoms with E-state index in [0.717, 1.165) is 4.88 Å². The summed E-state index contributed by atoms with van der Waals surface area (Å²) in [5, 5.41) is 0.233. The average molecular weight is 246 g/mol. The van der Waals surface area contributed by atoms with E-state index in [1.807, 2.05) is 19.1 Å². The molecule has 2 aromatic heterocycles. The maximum absolute atomic E-state index is 5.66. The number of hydrogen-bond acceptors (Lipinski definition) is 4. The quantitative estimate of drug-likeness (QED) is 0.775. The second-order valence-corrected chi connectivity index (χ2v) is 4.57. The maximum Gasteiger partial charge on any atom is 0.227 e. The molecule has 0 unspecified atom stereocenters. The first-order valence-corrected chi connectivity index (χ1v) is 5.36. The predicted octanol–water partition coefficient (Wildman–Crippen LogP) is 3.22. The summed E-state index contributed by atoms with van der Waals surface area (Å²) < 4.78 is 0. The fraction of sp³-hybridized carbons (Fsp3) is 0.125. The second kappa shape index (κ2) is 3.81. The highest BCUT2D eigenvalue weighted by Gasteiger charge is 2.07. The summed E-state index contributed by atoms with van der Waals surface area (Å²) in [5.41, 5.74) is 0. The molecule has 0 aliphatic rings. The van der Waals surface area contributed by atoms with Gasteiger partial charge in [0.25, 0.3) is 0 Å². The first-order valence-electron chi connectivity index (χ1n) is 3.79. The number of aromatic nitrogens is 3. The number of nitrogens with zero attached hydrogens (tertiary/aromatic N) is 3. The van der Waals surface area contributed by atoms with Gasteiger partial charge in [-0.2, -0.15) is 15.0 Å². The fourth-order valence-electron chi connectivity index (χ4n) is 0.991. The van der Waals surface area contributed by atoms with Gasteiger partial charge in [0.15, 0.2) is 5.82 Å². The van der Waals surface area contributed by atoms with Crippen molar-refractivity contribution in [2.45, 2.75) is 6.92 Å². The molecule has 2 heterocycles. The van der Waals surface area contributed by atoms with Crippen molar-refractivity contribution in [3.63, 3.8) is 0 Å². The Hall–Kier alpha value is -0.710. The first-order chi connectivity index (χ1) is 6.65. The Bertz CT molecular complexity index is 449. The molecule has 0 amide bonds. The zero-order valence-corrected chi connectivity index (χ0v) is 9.49. The van der Waals surface area contributed by atoms with Gasteiger partial charge >= 0.3 is 0 Å². The lowest BCUT2D eigenvalue weighted by atomic mass is 10.4.